The molecule has 3 N–H and O–H groups in total. The Hall–Kier alpha value is -0.930. The van der Waals surface area contributed by atoms with Gasteiger partial charge in [-0.05, 0) is 25.0 Å². The average molecular weight is 205 g/mol. The number of hydrogen-bond acceptors (Lipinski definition) is 3. The lowest BCUT2D eigenvalue weighted by Crippen LogP contribution is -2.46. The highest BCUT2D eigenvalue weighted by molar-refractivity contribution is 5.03. The summed E-state index contributed by atoms with van der Waals surface area (Å²) in [5.41, 5.74) is 7.15. The van der Waals surface area contributed by atoms with Crippen molar-refractivity contribution < 1.29 is 0 Å². The maximum atomic E-state index is 6.06. The summed E-state index contributed by atoms with van der Waals surface area (Å²) in [6.07, 6.45) is 6.77. The number of hydrogen-bond donors (Lipinski definition) is 2. The third-order valence-electron chi connectivity index (χ3n) is 3.09. The lowest BCUT2D eigenvalue weighted by Gasteiger charge is -2.29. The van der Waals surface area contributed by atoms with Gasteiger partial charge in [0, 0.05) is 24.8 Å². The largest absolute Gasteiger partial charge is 0.326 e. The van der Waals surface area contributed by atoms with Crippen molar-refractivity contribution in [3.05, 3.63) is 30.1 Å². The van der Waals surface area contributed by atoms with Crippen LogP contribution in [0.5, 0.6) is 0 Å². The highest BCUT2D eigenvalue weighted by Gasteiger charge is 2.20. The van der Waals surface area contributed by atoms with Gasteiger partial charge in [-0.15, -0.1) is 0 Å². The van der Waals surface area contributed by atoms with Crippen molar-refractivity contribution in [1.29, 1.82) is 0 Å². The standard InChI is InChI=1S/C12H19N3/c13-11-6-1-2-7-12(11)15-9-10-5-3-4-8-14-10/h3-5,8,11-12,15H,1-2,6-7,9,13H2/t11-,12+/m1/s1. The zero-order chi connectivity index (χ0) is 10.5. The Balaban J connectivity index is 1.82. The number of nitrogens with zero attached hydrogens (tertiary/aromatic N) is 1. The van der Waals surface area contributed by atoms with Crippen LogP contribution in [0.3, 0.4) is 0 Å². The molecule has 15 heavy (non-hydrogen) atoms. The third kappa shape index (κ3) is 3.01. The van der Waals surface area contributed by atoms with Gasteiger partial charge in [-0.1, -0.05) is 18.9 Å². The predicted molar refractivity (Wildman–Crippen MR) is 61.3 cm³/mol. The molecule has 0 radical (unpaired) electrons. The van der Waals surface area contributed by atoms with Gasteiger partial charge >= 0.3 is 0 Å². The van der Waals surface area contributed by atoms with Crippen LogP contribution in [0.1, 0.15) is 31.4 Å². The first-order valence-electron chi connectivity index (χ1n) is 5.75. The fourth-order valence-electron chi connectivity index (χ4n) is 2.15. The Morgan fingerprint density at radius 2 is 2.20 bits per heavy atom. The Kier molecular flexibility index (Phi) is 3.69. The van der Waals surface area contributed by atoms with Crippen molar-refractivity contribution in [3.8, 4) is 0 Å². The van der Waals surface area contributed by atoms with E-state index in [1.54, 1.807) is 0 Å². The molecule has 1 saturated carbocycles. The molecular weight excluding hydrogens is 186 g/mol. The molecule has 1 aromatic rings. The molecule has 1 aliphatic carbocycles. The van der Waals surface area contributed by atoms with Crippen LogP contribution in [0.25, 0.3) is 0 Å². The van der Waals surface area contributed by atoms with Gasteiger partial charge < -0.3 is 11.1 Å². The molecule has 1 fully saturated rings. The molecular formula is C12H19N3. The van der Waals surface area contributed by atoms with Gasteiger partial charge in [-0.25, -0.2) is 0 Å². The summed E-state index contributed by atoms with van der Waals surface area (Å²) in [7, 11) is 0. The average Bonchev–Trinajstić information content (AvgIpc) is 2.29. The number of rotatable bonds is 3. The van der Waals surface area contributed by atoms with Gasteiger partial charge in [0.1, 0.15) is 0 Å². The minimum absolute atomic E-state index is 0.322. The molecule has 1 heterocycles. The van der Waals surface area contributed by atoms with E-state index < -0.39 is 0 Å². The molecule has 0 saturated heterocycles. The molecule has 0 amide bonds. The molecule has 0 unspecified atom stereocenters. The van der Waals surface area contributed by atoms with E-state index >= 15 is 0 Å². The van der Waals surface area contributed by atoms with Gasteiger partial charge in [-0.3, -0.25) is 4.98 Å². The molecule has 3 heteroatoms. The van der Waals surface area contributed by atoms with Crippen LogP contribution < -0.4 is 11.1 Å². The van der Waals surface area contributed by atoms with Crippen molar-refractivity contribution in [2.24, 2.45) is 5.73 Å². The summed E-state index contributed by atoms with van der Waals surface area (Å²) in [5, 5.41) is 3.50. The summed E-state index contributed by atoms with van der Waals surface area (Å²) >= 11 is 0. The van der Waals surface area contributed by atoms with Crippen LogP contribution in [-0.2, 0) is 6.54 Å². The Morgan fingerprint density at radius 1 is 1.33 bits per heavy atom. The maximum absolute atomic E-state index is 6.06. The first-order chi connectivity index (χ1) is 7.36. The molecule has 3 nitrogen and oxygen atoms in total. The normalized spacial score (nSPS) is 26.5. The number of nitrogens with two attached hydrogens (primary N) is 1. The smallest absolute Gasteiger partial charge is 0.0541 e. The molecule has 0 aliphatic heterocycles. The minimum Gasteiger partial charge on any atom is -0.326 e. The van der Waals surface area contributed by atoms with E-state index in [1.165, 1.54) is 19.3 Å². The fraction of sp³-hybridized carbons (Fsp3) is 0.583. The molecule has 0 aromatic carbocycles. The summed E-state index contributed by atoms with van der Waals surface area (Å²) in [6.45, 7) is 0.833. The number of pyridine rings is 1. The van der Waals surface area contributed by atoms with E-state index in [0.29, 0.717) is 12.1 Å². The predicted octanol–water partition coefficient (Wildman–Crippen LogP) is 1.44. The van der Waals surface area contributed by atoms with E-state index in [4.69, 9.17) is 5.73 Å². The van der Waals surface area contributed by atoms with Crippen LogP contribution >= 0.6 is 0 Å². The topological polar surface area (TPSA) is 50.9 Å². The highest BCUT2D eigenvalue weighted by atomic mass is 15.0. The number of nitrogens with one attached hydrogen (secondary N) is 1. The van der Waals surface area contributed by atoms with Gasteiger partial charge in [0.05, 0.1) is 5.69 Å². The van der Waals surface area contributed by atoms with Crippen LogP contribution in [0.15, 0.2) is 24.4 Å². The van der Waals surface area contributed by atoms with Crippen molar-refractivity contribution in [2.75, 3.05) is 0 Å². The lowest BCUT2D eigenvalue weighted by molar-refractivity contribution is 0.325. The van der Waals surface area contributed by atoms with Crippen LogP contribution in [0.4, 0.5) is 0 Å². The summed E-state index contributed by atoms with van der Waals surface area (Å²) in [6, 6.07) is 6.80. The van der Waals surface area contributed by atoms with Crippen LogP contribution in [-0.4, -0.2) is 17.1 Å². The van der Waals surface area contributed by atoms with Crippen molar-refractivity contribution >= 4 is 0 Å². The third-order valence-corrected chi connectivity index (χ3v) is 3.09. The zero-order valence-corrected chi connectivity index (χ0v) is 9.02. The van der Waals surface area contributed by atoms with Crippen molar-refractivity contribution in [2.45, 2.75) is 44.3 Å². The molecule has 0 spiro atoms. The second-order valence-corrected chi connectivity index (χ2v) is 4.26. The van der Waals surface area contributed by atoms with Gasteiger partial charge in [-0.2, -0.15) is 0 Å². The molecule has 2 rings (SSSR count). The van der Waals surface area contributed by atoms with Crippen molar-refractivity contribution in [3.63, 3.8) is 0 Å². The zero-order valence-electron chi connectivity index (χ0n) is 9.02. The maximum Gasteiger partial charge on any atom is 0.0541 e. The highest BCUT2D eigenvalue weighted by Crippen LogP contribution is 2.17. The Morgan fingerprint density at radius 3 is 2.93 bits per heavy atom. The first kappa shape index (κ1) is 10.6. The summed E-state index contributed by atoms with van der Waals surface area (Å²) in [5.74, 6) is 0. The fourth-order valence-corrected chi connectivity index (χ4v) is 2.15. The monoisotopic (exact) mass is 205 g/mol. The van der Waals surface area contributed by atoms with E-state index in [1.807, 2.05) is 24.4 Å². The van der Waals surface area contributed by atoms with E-state index in [0.717, 1.165) is 18.7 Å². The van der Waals surface area contributed by atoms with Crippen LogP contribution in [0.2, 0.25) is 0 Å². The summed E-state index contributed by atoms with van der Waals surface area (Å²) in [4.78, 5) is 4.28. The van der Waals surface area contributed by atoms with Gasteiger partial charge in [0.15, 0.2) is 0 Å². The van der Waals surface area contributed by atoms with Gasteiger partial charge in [0.25, 0.3) is 0 Å². The quantitative estimate of drug-likeness (QED) is 0.785. The number of aromatic nitrogens is 1. The molecule has 2 atom stereocenters. The van der Waals surface area contributed by atoms with E-state index in [9.17, 15) is 0 Å². The molecule has 0 bridgehead atoms. The molecule has 1 aromatic heterocycles. The lowest BCUT2D eigenvalue weighted by atomic mass is 9.91. The van der Waals surface area contributed by atoms with E-state index in [2.05, 4.69) is 10.3 Å². The van der Waals surface area contributed by atoms with Crippen LogP contribution in [0, 0.1) is 0 Å². The van der Waals surface area contributed by atoms with E-state index in [-0.39, 0.29) is 0 Å². The second kappa shape index (κ2) is 5.24. The molecule has 1 aliphatic rings. The molecule has 82 valence electrons. The summed E-state index contributed by atoms with van der Waals surface area (Å²) < 4.78 is 0. The first-order valence-corrected chi connectivity index (χ1v) is 5.75. The Bertz CT molecular complexity index is 286. The SMILES string of the molecule is N[C@@H]1CCCC[C@@H]1NCc1ccccn1. The second-order valence-electron chi connectivity index (χ2n) is 4.26. The Labute approximate surface area is 91.1 Å². The van der Waals surface area contributed by atoms with Crippen molar-refractivity contribution in [1.82, 2.24) is 10.3 Å². The minimum atomic E-state index is 0.322. The van der Waals surface area contributed by atoms with Gasteiger partial charge in [0.2, 0.25) is 0 Å².